The minimum absolute atomic E-state index is 0.0961. The molecule has 3 N–H and O–H groups in total. The van der Waals surface area contributed by atoms with Crippen LogP contribution in [0.3, 0.4) is 0 Å². The fraction of sp³-hybridized carbons (Fsp3) is 0.516. The molecular formula is C31H38F2N4O3S. The van der Waals surface area contributed by atoms with Gasteiger partial charge in [0.2, 0.25) is 5.91 Å². The fourth-order valence-electron chi connectivity index (χ4n) is 6.65. The Kier molecular flexibility index (Phi) is 8.32. The minimum atomic E-state index is -2.64. The number of aryl methyl sites for hydroxylation is 1. The van der Waals surface area contributed by atoms with Crippen molar-refractivity contribution < 1.29 is 18.4 Å². The Hall–Kier alpha value is -3.14. The van der Waals surface area contributed by atoms with Gasteiger partial charge in [0, 0.05) is 70.1 Å². The van der Waals surface area contributed by atoms with Crippen molar-refractivity contribution in [2.24, 2.45) is 11.8 Å². The predicted molar refractivity (Wildman–Crippen MR) is 158 cm³/mol. The first kappa shape index (κ1) is 29.4. The van der Waals surface area contributed by atoms with Gasteiger partial charge in [-0.1, -0.05) is 18.2 Å². The third kappa shape index (κ3) is 5.94. The van der Waals surface area contributed by atoms with E-state index in [0.29, 0.717) is 17.0 Å². The fourth-order valence-corrected chi connectivity index (χ4v) is 7.36. The van der Waals surface area contributed by atoms with Gasteiger partial charge in [0.15, 0.2) is 0 Å². The minimum Gasteiger partial charge on any atom is -0.353 e. The quantitative estimate of drug-likeness (QED) is 0.288. The predicted octanol–water partition coefficient (Wildman–Crippen LogP) is 5.88. The third-order valence-corrected chi connectivity index (χ3v) is 9.73. The number of carbonyl (C=O) groups excluding carboxylic acids is 2. The molecule has 2 aliphatic rings. The number of alkyl halides is 2. The number of nitrogens with zero attached hydrogens (tertiary/aromatic N) is 1. The second-order valence-electron chi connectivity index (χ2n) is 11.7. The number of carbonyl (C=O) groups is 2. The highest BCUT2D eigenvalue weighted by atomic mass is 32.2. The normalized spacial score (nSPS) is 21.3. The van der Waals surface area contributed by atoms with Gasteiger partial charge in [-0.3, -0.25) is 14.4 Å². The first-order valence-corrected chi connectivity index (χ1v) is 15.5. The summed E-state index contributed by atoms with van der Waals surface area (Å²) in [6.45, 7) is 6.09. The van der Waals surface area contributed by atoms with Gasteiger partial charge in [0.1, 0.15) is 0 Å². The number of hydrogen-bond donors (Lipinski definition) is 3. The maximum Gasteiger partial charge on any atom is 0.254 e. The van der Waals surface area contributed by atoms with Gasteiger partial charge in [-0.15, -0.1) is 11.8 Å². The van der Waals surface area contributed by atoms with Crippen LogP contribution in [0.15, 0.2) is 40.0 Å². The molecule has 41 heavy (non-hydrogen) atoms. The number of aromatic amines is 1. The summed E-state index contributed by atoms with van der Waals surface area (Å²) >= 11 is 1.48. The van der Waals surface area contributed by atoms with E-state index < -0.39 is 12.0 Å². The van der Waals surface area contributed by atoms with Crippen molar-refractivity contribution in [2.45, 2.75) is 88.7 Å². The zero-order valence-corrected chi connectivity index (χ0v) is 24.8. The number of H-pyrrole nitrogens is 1. The molecule has 5 rings (SSSR count). The summed E-state index contributed by atoms with van der Waals surface area (Å²) in [7, 11) is 0. The molecule has 3 aromatic rings. The molecule has 0 unspecified atom stereocenters. The third-order valence-electron chi connectivity index (χ3n) is 8.93. The highest BCUT2D eigenvalue weighted by molar-refractivity contribution is 7.98. The number of aromatic nitrogens is 2. The highest BCUT2D eigenvalue weighted by Crippen LogP contribution is 2.41. The van der Waals surface area contributed by atoms with Crippen LogP contribution in [0.4, 0.5) is 8.78 Å². The molecule has 2 saturated carbocycles. The molecule has 2 fully saturated rings. The largest absolute Gasteiger partial charge is 0.353 e. The van der Waals surface area contributed by atoms with E-state index in [2.05, 4.69) is 27.1 Å². The Morgan fingerprint density at radius 2 is 1.83 bits per heavy atom. The Balaban J connectivity index is 1.30. The molecule has 1 atom stereocenters. The van der Waals surface area contributed by atoms with Crippen LogP contribution in [0.5, 0.6) is 0 Å². The van der Waals surface area contributed by atoms with Gasteiger partial charge < -0.3 is 20.2 Å². The second kappa shape index (κ2) is 11.6. The summed E-state index contributed by atoms with van der Waals surface area (Å²) in [6, 6.07) is 9.47. The topological polar surface area (TPSA) is 96.0 Å². The molecule has 0 aliphatic heterocycles. The number of nitrogens with one attached hydrogen (secondary N) is 3. The maximum absolute atomic E-state index is 13.6. The Labute approximate surface area is 242 Å². The summed E-state index contributed by atoms with van der Waals surface area (Å²) < 4.78 is 28.6. The van der Waals surface area contributed by atoms with Crippen LogP contribution in [0.25, 0.3) is 10.9 Å². The van der Waals surface area contributed by atoms with Crippen LogP contribution in [0.2, 0.25) is 0 Å². The van der Waals surface area contributed by atoms with Gasteiger partial charge in [0.25, 0.3) is 17.4 Å². The number of hydrogen-bond acceptors (Lipinski definition) is 4. The van der Waals surface area contributed by atoms with E-state index in [0.717, 1.165) is 52.9 Å². The van der Waals surface area contributed by atoms with Crippen LogP contribution < -0.4 is 16.2 Å². The molecule has 0 radical (unpaired) electrons. The van der Waals surface area contributed by atoms with Crippen LogP contribution >= 0.6 is 11.8 Å². The van der Waals surface area contributed by atoms with E-state index >= 15 is 0 Å². The van der Waals surface area contributed by atoms with Crippen LogP contribution in [0, 0.1) is 25.7 Å². The van der Waals surface area contributed by atoms with Crippen molar-refractivity contribution in [3.8, 4) is 0 Å². The number of rotatable bonds is 8. The average Bonchev–Trinajstić information content (AvgIpc) is 3.22. The summed E-state index contributed by atoms with van der Waals surface area (Å²) in [5.74, 6) is -2.80. The smallest absolute Gasteiger partial charge is 0.254 e. The number of halogens is 2. The number of amides is 2. The second-order valence-corrected chi connectivity index (χ2v) is 12.5. The van der Waals surface area contributed by atoms with E-state index in [1.54, 1.807) is 0 Å². The number of benzene rings is 1. The molecule has 0 saturated heterocycles. The lowest BCUT2D eigenvalue weighted by Crippen LogP contribution is -2.52. The molecule has 0 bridgehead atoms. The van der Waals surface area contributed by atoms with Crippen molar-refractivity contribution in [3.63, 3.8) is 0 Å². The summed E-state index contributed by atoms with van der Waals surface area (Å²) in [6.07, 6.45) is 4.52. The number of fused-ring (bicyclic) bond motifs is 1. The van der Waals surface area contributed by atoms with Gasteiger partial charge in [-0.2, -0.15) is 0 Å². The Morgan fingerprint density at radius 3 is 2.49 bits per heavy atom. The van der Waals surface area contributed by atoms with E-state index in [-0.39, 0.29) is 48.7 Å². The molecule has 0 spiro atoms. The SMILES string of the molecule is CSc1cc(C)[nH]c(=O)c1CNC(=O)c1c(C)n([C@H](C)C2CCC(C(=O)NC3CC(F)(F)C3)CC2)c2ccccc12. The molecule has 7 nitrogen and oxygen atoms in total. The van der Waals surface area contributed by atoms with Crippen LogP contribution in [-0.4, -0.2) is 39.6 Å². The Bertz CT molecular complexity index is 1520. The molecular weight excluding hydrogens is 546 g/mol. The van der Waals surface area contributed by atoms with Crippen LogP contribution in [0.1, 0.15) is 78.8 Å². The lowest BCUT2D eigenvalue weighted by Gasteiger charge is -2.38. The van der Waals surface area contributed by atoms with E-state index in [4.69, 9.17) is 0 Å². The average molecular weight is 585 g/mol. The van der Waals surface area contributed by atoms with Crippen molar-refractivity contribution >= 4 is 34.5 Å². The molecule has 2 aliphatic carbocycles. The lowest BCUT2D eigenvalue weighted by atomic mass is 9.78. The summed E-state index contributed by atoms with van der Waals surface area (Å²) in [5, 5.41) is 6.66. The van der Waals surface area contributed by atoms with Crippen LogP contribution in [-0.2, 0) is 11.3 Å². The van der Waals surface area contributed by atoms with Gasteiger partial charge in [0.05, 0.1) is 5.56 Å². The zero-order chi connectivity index (χ0) is 29.5. The Morgan fingerprint density at radius 1 is 1.15 bits per heavy atom. The number of thioether (sulfide) groups is 1. The van der Waals surface area contributed by atoms with E-state index in [9.17, 15) is 23.2 Å². The maximum atomic E-state index is 13.6. The molecule has 2 aromatic heterocycles. The summed E-state index contributed by atoms with van der Waals surface area (Å²) in [4.78, 5) is 42.5. The van der Waals surface area contributed by atoms with Crippen molar-refractivity contribution in [2.75, 3.05) is 6.26 Å². The highest BCUT2D eigenvalue weighted by Gasteiger charge is 2.46. The van der Waals surface area contributed by atoms with Gasteiger partial charge >= 0.3 is 0 Å². The number of pyridine rings is 1. The van der Waals surface area contributed by atoms with E-state index in [1.807, 2.05) is 50.4 Å². The standard InChI is InChI=1S/C31H38F2N4O3S/c1-17-13-26(41-4)24(29(39)35-17)16-34-30(40)27-19(3)37(25-8-6-5-7-23(25)27)18(2)20-9-11-21(12-10-20)28(38)36-22-14-31(32,33)15-22/h5-8,13,18,20-22H,9-12,14-16H2,1-4H3,(H,34,40)(H,35,39)(H,36,38)/t18-,20?,21?/m1/s1. The molecule has 1 aromatic carbocycles. The monoisotopic (exact) mass is 584 g/mol. The number of para-hydroxylation sites is 1. The summed E-state index contributed by atoms with van der Waals surface area (Å²) in [5.41, 5.74) is 3.57. The van der Waals surface area contributed by atoms with Crippen molar-refractivity contribution in [3.05, 3.63) is 63.2 Å². The van der Waals surface area contributed by atoms with E-state index in [1.165, 1.54) is 11.8 Å². The first-order valence-electron chi connectivity index (χ1n) is 14.3. The first-order chi connectivity index (χ1) is 19.5. The zero-order valence-electron chi connectivity index (χ0n) is 24.0. The molecule has 2 amide bonds. The molecule has 2 heterocycles. The van der Waals surface area contributed by atoms with Gasteiger partial charge in [-0.05, 0) is 70.8 Å². The van der Waals surface area contributed by atoms with Gasteiger partial charge in [-0.25, -0.2) is 8.78 Å². The molecule has 10 heteroatoms. The van der Waals surface area contributed by atoms with Crippen molar-refractivity contribution in [1.82, 2.24) is 20.2 Å². The van der Waals surface area contributed by atoms with Crippen molar-refractivity contribution in [1.29, 1.82) is 0 Å². The molecule has 220 valence electrons. The lowest BCUT2D eigenvalue weighted by molar-refractivity contribution is -0.134.